The van der Waals surface area contributed by atoms with Gasteiger partial charge in [-0.2, -0.15) is 0 Å². The van der Waals surface area contributed by atoms with Gasteiger partial charge in [-0.3, -0.25) is 24.1 Å². The number of rotatable bonds is 20. The number of hydrogen-bond acceptors (Lipinski definition) is 9. The third-order valence-electron chi connectivity index (χ3n) is 10.6. The van der Waals surface area contributed by atoms with Gasteiger partial charge in [-0.15, -0.1) is 0 Å². The Morgan fingerprint density at radius 2 is 1.55 bits per heavy atom. The lowest BCUT2D eigenvalue weighted by Crippen LogP contribution is -2.59. The monoisotopic (exact) mass is 697 g/mol. The lowest BCUT2D eigenvalue weighted by molar-refractivity contribution is -0.147. The summed E-state index contributed by atoms with van der Waals surface area (Å²) in [5.74, 6) is -1.16. The minimum absolute atomic E-state index is 0.0122. The Labute approximate surface area is 295 Å². The van der Waals surface area contributed by atoms with Crippen LogP contribution in [-0.2, 0) is 33.4 Å². The maximum atomic E-state index is 14.1. The van der Waals surface area contributed by atoms with Gasteiger partial charge in [-0.05, 0) is 37.6 Å². The smallest absolute Gasteiger partial charge is 0.245 e. The minimum Gasteiger partial charge on any atom is -0.379 e. The third-order valence-corrected chi connectivity index (χ3v) is 10.6. The molecular weight excluding hydrogens is 628 g/mol. The van der Waals surface area contributed by atoms with E-state index < -0.39 is 36.3 Å². The number of methoxy groups -OCH3 is 2. The molecule has 0 aromatic carbocycles. The zero-order valence-corrected chi connectivity index (χ0v) is 32.3. The molecular formula is C36H68N6O7. The van der Waals surface area contributed by atoms with Crippen LogP contribution in [0.3, 0.4) is 0 Å². The van der Waals surface area contributed by atoms with Crippen molar-refractivity contribution >= 4 is 23.6 Å². The van der Waals surface area contributed by atoms with E-state index in [9.17, 15) is 19.2 Å². The summed E-state index contributed by atoms with van der Waals surface area (Å²) in [5.41, 5.74) is 0. The molecule has 0 aromatic heterocycles. The lowest BCUT2D eigenvalue weighted by atomic mass is 9.89. The molecule has 0 aromatic rings. The zero-order chi connectivity index (χ0) is 36.8. The Morgan fingerprint density at radius 1 is 0.918 bits per heavy atom. The van der Waals surface area contributed by atoms with Gasteiger partial charge in [0.25, 0.3) is 0 Å². The van der Waals surface area contributed by atoms with Crippen LogP contribution < -0.4 is 16.0 Å². The molecule has 0 spiro atoms. The van der Waals surface area contributed by atoms with Crippen molar-refractivity contribution in [3.63, 3.8) is 0 Å². The van der Waals surface area contributed by atoms with Gasteiger partial charge >= 0.3 is 0 Å². The van der Waals surface area contributed by atoms with E-state index >= 15 is 0 Å². The summed E-state index contributed by atoms with van der Waals surface area (Å²) in [5, 5.41) is 9.11. The van der Waals surface area contributed by atoms with Crippen molar-refractivity contribution in [1.29, 1.82) is 0 Å². The van der Waals surface area contributed by atoms with Crippen LogP contribution in [-0.4, -0.2) is 149 Å². The average Bonchev–Trinajstić information content (AvgIpc) is 3.56. The lowest BCUT2D eigenvalue weighted by Gasteiger charge is -2.41. The molecule has 4 amide bonds. The average molecular weight is 697 g/mol. The largest absolute Gasteiger partial charge is 0.379 e. The molecule has 2 aliphatic rings. The van der Waals surface area contributed by atoms with Crippen molar-refractivity contribution < 1.29 is 33.4 Å². The molecule has 13 nitrogen and oxygen atoms in total. The van der Waals surface area contributed by atoms with Crippen LogP contribution in [0.1, 0.15) is 74.1 Å². The van der Waals surface area contributed by atoms with Gasteiger partial charge in [-0.1, -0.05) is 54.9 Å². The second-order valence-corrected chi connectivity index (χ2v) is 14.6. The molecule has 0 bridgehead atoms. The summed E-state index contributed by atoms with van der Waals surface area (Å²) in [6.07, 6.45) is 1.34. The van der Waals surface area contributed by atoms with E-state index in [-0.39, 0.29) is 53.8 Å². The highest BCUT2D eigenvalue weighted by molar-refractivity contribution is 5.90. The molecule has 0 unspecified atom stereocenters. The molecule has 2 heterocycles. The predicted molar refractivity (Wildman–Crippen MR) is 191 cm³/mol. The standard InChI is InChI=1S/C36H68N6O7/c1-12-25(6)32(40(9)36(46)31(24(4)5)39-35(45)30(37-8)23(2)3)28(47-10)22-29(43)42-16-13-14-27(42)33(48-11)26(7)34(44)38-15-17-41-18-20-49-21-19-41/h23-28,30-33,37H,12-22H2,1-11H3,(H,38,44)(H,39,45)/t25-,26+,27-,28-,30-,31-,32-,33+/m0/s1. The summed E-state index contributed by atoms with van der Waals surface area (Å²) in [7, 11) is 6.67. The molecule has 2 aliphatic heterocycles. The van der Waals surface area contributed by atoms with E-state index in [2.05, 4.69) is 34.7 Å². The van der Waals surface area contributed by atoms with E-state index in [1.54, 1.807) is 33.2 Å². The topological polar surface area (TPSA) is 142 Å². The Morgan fingerprint density at radius 3 is 2.08 bits per heavy atom. The number of likely N-dealkylation sites (tertiary alicyclic amines) is 1. The molecule has 284 valence electrons. The Balaban J connectivity index is 2.17. The summed E-state index contributed by atoms with van der Waals surface area (Å²) in [6.45, 7) is 18.7. The molecule has 2 fully saturated rings. The van der Waals surface area contributed by atoms with Crippen molar-refractivity contribution in [2.75, 3.05) is 74.3 Å². The molecule has 2 rings (SSSR count). The van der Waals surface area contributed by atoms with Gasteiger partial charge < -0.3 is 40.0 Å². The molecule has 0 saturated carbocycles. The van der Waals surface area contributed by atoms with Gasteiger partial charge in [0.2, 0.25) is 23.6 Å². The molecule has 13 heteroatoms. The van der Waals surface area contributed by atoms with E-state index in [0.29, 0.717) is 26.3 Å². The SMILES string of the molecule is CC[C@H](C)[C@@H]([C@H](CC(=O)N1CCC[C@H]1[C@H](OC)[C@@H](C)C(=O)NCCN1CCOCC1)OC)N(C)C(=O)[C@@H](NC(=O)[C@@H](NC)C(C)C)C(C)C. The molecule has 8 atom stereocenters. The summed E-state index contributed by atoms with van der Waals surface area (Å²) < 4.78 is 17.3. The first-order chi connectivity index (χ1) is 23.2. The van der Waals surface area contributed by atoms with E-state index in [0.717, 1.165) is 38.9 Å². The summed E-state index contributed by atoms with van der Waals surface area (Å²) in [6, 6.07) is -1.83. The number of ether oxygens (including phenoxy) is 3. The van der Waals surface area contributed by atoms with E-state index in [1.165, 1.54) is 0 Å². The van der Waals surface area contributed by atoms with Crippen molar-refractivity contribution in [3.05, 3.63) is 0 Å². The first-order valence-corrected chi connectivity index (χ1v) is 18.4. The molecule has 0 aliphatic carbocycles. The van der Waals surface area contributed by atoms with Crippen LogP contribution in [0.2, 0.25) is 0 Å². The number of nitrogens with one attached hydrogen (secondary N) is 3. The Hall–Kier alpha value is -2.32. The Kier molecular flexibility index (Phi) is 18.5. The van der Waals surface area contributed by atoms with Crippen LogP contribution in [0.4, 0.5) is 0 Å². The highest BCUT2D eigenvalue weighted by Crippen LogP contribution is 2.29. The minimum atomic E-state index is -0.737. The number of carbonyl (C=O) groups is 4. The van der Waals surface area contributed by atoms with Crippen molar-refractivity contribution in [2.45, 2.75) is 111 Å². The predicted octanol–water partition coefficient (Wildman–Crippen LogP) is 1.74. The van der Waals surface area contributed by atoms with Crippen LogP contribution in [0, 0.1) is 23.7 Å². The van der Waals surface area contributed by atoms with Gasteiger partial charge in [0.1, 0.15) is 6.04 Å². The van der Waals surface area contributed by atoms with E-state index in [4.69, 9.17) is 14.2 Å². The fourth-order valence-corrected chi connectivity index (χ4v) is 7.37. The summed E-state index contributed by atoms with van der Waals surface area (Å²) >= 11 is 0. The fraction of sp³-hybridized carbons (Fsp3) is 0.889. The fourth-order valence-electron chi connectivity index (χ4n) is 7.37. The first-order valence-electron chi connectivity index (χ1n) is 18.4. The molecule has 2 saturated heterocycles. The number of carbonyl (C=O) groups excluding carboxylic acids is 4. The number of hydrogen-bond donors (Lipinski definition) is 3. The zero-order valence-electron chi connectivity index (χ0n) is 32.3. The van der Waals surface area contributed by atoms with Gasteiger partial charge in [0, 0.05) is 54.0 Å². The van der Waals surface area contributed by atoms with Gasteiger partial charge in [0.15, 0.2) is 0 Å². The maximum Gasteiger partial charge on any atom is 0.245 e. The van der Waals surface area contributed by atoms with Gasteiger partial charge in [0.05, 0.1) is 55.9 Å². The van der Waals surface area contributed by atoms with Crippen molar-refractivity contribution in [2.24, 2.45) is 23.7 Å². The van der Waals surface area contributed by atoms with Crippen LogP contribution in [0.15, 0.2) is 0 Å². The Bertz CT molecular complexity index is 1040. The van der Waals surface area contributed by atoms with Crippen LogP contribution in [0.25, 0.3) is 0 Å². The number of morpholine rings is 1. The van der Waals surface area contributed by atoms with Crippen molar-refractivity contribution in [1.82, 2.24) is 30.7 Å². The quantitative estimate of drug-likeness (QED) is 0.174. The highest BCUT2D eigenvalue weighted by atomic mass is 16.5. The van der Waals surface area contributed by atoms with Crippen molar-refractivity contribution in [3.8, 4) is 0 Å². The normalized spacial score (nSPS) is 21.5. The summed E-state index contributed by atoms with van der Waals surface area (Å²) in [4.78, 5) is 60.3. The number of nitrogens with zero attached hydrogens (tertiary/aromatic N) is 3. The second-order valence-electron chi connectivity index (χ2n) is 14.6. The van der Waals surface area contributed by atoms with Gasteiger partial charge in [-0.25, -0.2) is 0 Å². The number of likely N-dealkylation sites (N-methyl/N-ethyl adjacent to an activating group) is 2. The second kappa shape index (κ2) is 21.1. The molecule has 3 N–H and O–H groups in total. The van der Waals surface area contributed by atoms with Crippen LogP contribution >= 0.6 is 0 Å². The van der Waals surface area contributed by atoms with Crippen LogP contribution in [0.5, 0.6) is 0 Å². The third kappa shape index (κ3) is 11.9. The number of amides is 4. The molecule has 0 radical (unpaired) electrons. The molecule has 49 heavy (non-hydrogen) atoms. The highest BCUT2D eigenvalue weighted by Gasteiger charge is 2.43. The first kappa shape index (κ1) is 42.8. The maximum absolute atomic E-state index is 14.1. The van der Waals surface area contributed by atoms with E-state index in [1.807, 2.05) is 39.5 Å².